The van der Waals surface area contributed by atoms with Gasteiger partial charge in [0.15, 0.2) is 5.96 Å². The van der Waals surface area contributed by atoms with Crippen molar-refractivity contribution in [3.05, 3.63) is 35.4 Å². The van der Waals surface area contributed by atoms with Crippen molar-refractivity contribution in [2.75, 3.05) is 26.7 Å². The largest absolute Gasteiger partial charge is 0.352 e. The Bertz CT molecular complexity index is 653. The van der Waals surface area contributed by atoms with Crippen LogP contribution in [0, 0.1) is 11.8 Å². The number of nitrogens with one attached hydrogen (secondary N) is 1. The number of carbonyl (C=O) groups is 1. The molecule has 1 N–H and O–H groups in total. The zero-order chi connectivity index (χ0) is 18.5. The fourth-order valence-corrected chi connectivity index (χ4v) is 4.28. The molecule has 0 saturated carbocycles. The average Bonchev–Trinajstić information content (AvgIpc) is 3.00. The predicted molar refractivity (Wildman–Crippen MR) is 121 cm³/mol. The van der Waals surface area contributed by atoms with Gasteiger partial charge in [-0.25, -0.2) is 0 Å². The van der Waals surface area contributed by atoms with Crippen LogP contribution in [-0.2, 0) is 17.9 Å². The molecule has 3 rings (SSSR count). The minimum Gasteiger partial charge on any atom is -0.352 e. The summed E-state index contributed by atoms with van der Waals surface area (Å²) in [6.45, 7) is 9.15. The molecular weight excluding hydrogens is 451 g/mol. The van der Waals surface area contributed by atoms with Gasteiger partial charge in [-0.3, -0.25) is 9.79 Å². The number of carbonyl (C=O) groups excluding carboxylic acids is 1. The van der Waals surface area contributed by atoms with Gasteiger partial charge >= 0.3 is 0 Å². The number of nitrogens with zero attached hydrogens (tertiary/aromatic N) is 3. The van der Waals surface area contributed by atoms with E-state index in [-0.39, 0.29) is 29.9 Å². The highest BCUT2D eigenvalue weighted by molar-refractivity contribution is 14.0. The molecule has 6 heteroatoms. The first kappa shape index (κ1) is 22.0. The summed E-state index contributed by atoms with van der Waals surface area (Å²) >= 11 is 0. The third kappa shape index (κ3) is 6.09. The molecule has 150 valence electrons. The third-order valence-corrected chi connectivity index (χ3v) is 5.37. The Morgan fingerprint density at radius 1 is 1.22 bits per heavy atom. The lowest BCUT2D eigenvalue weighted by molar-refractivity contribution is -0.128. The van der Waals surface area contributed by atoms with E-state index >= 15 is 0 Å². The Balaban J connectivity index is 0.00000261. The van der Waals surface area contributed by atoms with Crippen molar-refractivity contribution in [2.45, 2.75) is 46.2 Å². The summed E-state index contributed by atoms with van der Waals surface area (Å²) in [4.78, 5) is 20.7. The van der Waals surface area contributed by atoms with Crippen molar-refractivity contribution in [2.24, 2.45) is 16.8 Å². The first-order chi connectivity index (χ1) is 12.5. The molecule has 2 atom stereocenters. The molecule has 1 aromatic rings. The van der Waals surface area contributed by atoms with E-state index in [2.05, 4.69) is 53.3 Å². The lowest BCUT2D eigenvalue weighted by Gasteiger charge is -2.37. The molecular formula is C21H33IN4O. The fourth-order valence-electron chi connectivity index (χ4n) is 4.28. The number of rotatable bonds is 4. The van der Waals surface area contributed by atoms with E-state index in [1.54, 1.807) is 0 Å². The molecule has 2 aliphatic rings. The van der Waals surface area contributed by atoms with Crippen LogP contribution < -0.4 is 5.32 Å². The van der Waals surface area contributed by atoms with Crippen molar-refractivity contribution in [1.82, 2.24) is 15.1 Å². The number of hydrogen-bond donors (Lipinski definition) is 1. The zero-order valence-corrected chi connectivity index (χ0v) is 19.1. The van der Waals surface area contributed by atoms with Crippen LogP contribution in [0.2, 0.25) is 0 Å². The number of benzene rings is 1. The summed E-state index contributed by atoms with van der Waals surface area (Å²) in [6, 6.07) is 8.53. The van der Waals surface area contributed by atoms with Gasteiger partial charge in [0, 0.05) is 46.2 Å². The minimum atomic E-state index is 0. The van der Waals surface area contributed by atoms with Gasteiger partial charge in [-0.1, -0.05) is 38.1 Å². The molecule has 0 radical (unpaired) electrons. The summed E-state index contributed by atoms with van der Waals surface area (Å²) in [6.07, 6.45) is 2.98. The van der Waals surface area contributed by atoms with Crippen LogP contribution in [0.1, 0.15) is 44.2 Å². The van der Waals surface area contributed by atoms with Crippen LogP contribution in [0.15, 0.2) is 29.3 Å². The monoisotopic (exact) mass is 484 g/mol. The van der Waals surface area contributed by atoms with Crippen LogP contribution in [-0.4, -0.2) is 48.3 Å². The number of piperidine rings is 1. The van der Waals surface area contributed by atoms with Crippen molar-refractivity contribution in [3.63, 3.8) is 0 Å². The molecule has 1 amide bonds. The molecule has 0 bridgehead atoms. The van der Waals surface area contributed by atoms with Crippen molar-refractivity contribution in [1.29, 1.82) is 0 Å². The Morgan fingerprint density at radius 3 is 2.56 bits per heavy atom. The summed E-state index contributed by atoms with van der Waals surface area (Å²) in [7, 11) is 1.86. The molecule has 0 aliphatic carbocycles. The molecule has 0 aromatic heterocycles. The highest BCUT2D eigenvalue weighted by Crippen LogP contribution is 2.21. The topological polar surface area (TPSA) is 47.9 Å². The molecule has 2 aliphatic heterocycles. The number of amides is 1. The Hall–Kier alpha value is -1.31. The summed E-state index contributed by atoms with van der Waals surface area (Å²) in [5, 5.41) is 3.52. The Labute approximate surface area is 180 Å². The van der Waals surface area contributed by atoms with E-state index in [0.717, 1.165) is 45.1 Å². The second kappa shape index (κ2) is 10.3. The first-order valence-electron chi connectivity index (χ1n) is 9.86. The number of halogens is 1. The summed E-state index contributed by atoms with van der Waals surface area (Å²) in [5.74, 6) is 2.68. The maximum absolute atomic E-state index is 11.8. The second-order valence-corrected chi connectivity index (χ2v) is 7.99. The quantitative estimate of drug-likeness (QED) is 0.405. The third-order valence-electron chi connectivity index (χ3n) is 5.37. The lowest BCUT2D eigenvalue weighted by atomic mass is 9.92. The minimum absolute atomic E-state index is 0. The van der Waals surface area contributed by atoms with E-state index in [4.69, 9.17) is 0 Å². The van der Waals surface area contributed by atoms with Crippen molar-refractivity contribution < 1.29 is 4.79 Å². The molecule has 2 unspecified atom stereocenters. The van der Waals surface area contributed by atoms with Crippen LogP contribution in [0.5, 0.6) is 0 Å². The van der Waals surface area contributed by atoms with Gasteiger partial charge in [-0.05, 0) is 35.8 Å². The van der Waals surface area contributed by atoms with E-state index < -0.39 is 0 Å². The maximum atomic E-state index is 11.8. The van der Waals surface area contributed by atoms with Crippen LogP contribution in [0.25, 0.3) is 0 Å². The van der Waals surface area contributed by atoms with Gasteiger partial charge in [0.2, 0.25) is 5.91 Å². The highest BCUT2D eigenvalue weighted by atomic mass is 127. The van der Waals surface area contributed by atoms with Gasteiger partial charge < -0.3 is 15.1 Å². The second-order valence-electron chi connectivity index (χ2n) is 7.99. The summed E-state index contributed by atoms with van der Waals surface area (Å²) < 4.78 is 0. The number of aliphatic imine (C=N–C) groups is 1. The van der Waals surface area contributed by atoms with Gasteiger partial charge in [0.25, 0.3) is 0 Å². The van der Waals surface area contributed by atoms with E-state index in [9.17, 15) is 4.79 Å². The van der Waals surface area contributed by atoms with Crippen molar-refractivity contribution >= 4 is 35.8 Å². The van der Waals surface area contributed by atoms with Gasteiger partial charge in [0.1, 0.15) is 0 Å². The van der Waals surface area contributed by atoms with Crippen LogP contribution in [0.4, 0.5) is 0 Å². The molecule has 27 heavy (non-hydrogen) atoms. The predicted octanol–water partition coefficient (Wildman–Crippen LogP) is 3.48. The molecule has 2 fully saturated rings. The molecule has 2 saturated heterocycles. The lowest BCUT2D eigenvalue weighted by Crippen LogP contribution is -2.48. The first-order valence-corrected chi connectivity index (χ1v) is 9.86. The SMILES string of the molecule is CN=C(NCc1cccc(CN2CCCC2=O)c1)N1CC(C)CC(C)C1.I. The van der Waals surface area contributed by atoms with Gasteiger partial charge in [-0.15, -0.1) is 24.0 Å². The zero-order valence-electron chi connectivity index (χ0n) is 16.8. The van der Waals surface area contributed by atoms with E-state index in [0.29, 0.717) is 18.3 Å². The van der Waals surface area contributed by atoms with Gasteiger partial charge in [0.05, 0.1) is 0 Å². The molecule has 5 nitrogen and oxygen atoms in total. The molecule has 2 heterocycles. The van der Waals surface area contributed by atoms with E-state index in [1.165, 1.54) is 17.5 Å². The highest BCUT2D eigenvalue weighted by Gasteiger charge is 2.24. The maximum Gasteiger partial charge on any atom is 0.222 e. The molecule has 1 aromatic carbocycles. The number of guanidine groups is 1. The van der Waals surface area contributed by atoms with E-state index in [1.807, 2.05) is 11.9 Å². The number of likely N-dealkylation sites (tertiary alicyclic amines) is 2. The average molecular weight is 484 g/mol. The Morgan fingerprint density at radius 2 is 1.93 bits per heavy atom. The van der Waals surface area contributed by atoms with Crippen LogP contribution >= 0.6 is 24.0 Å². The standard InChI is InChI=1S/C21H32N4O.HI/c1-16-10-17(2)14-25(13-16)21(22-3)23-12-18-6-4-7-19(11-18)15-24-9-5-8-20(24)26;/h4,6-7,11,16-17H,5,8-10,12-15H2,1-3H3,(H,22,23);1H. The number of hydrogen-bond acceptors (Lipinski definition) is 2. The smallest absolute Gasteiger partial charge is 0.222 e. The van der Waals surface area contributed by atoms with Crippen molar-refractivity contribution in [3.8, 4) is 0 Å². The van der Waals surface area contributed by atoms with Gasteiger partial charge in [-0.2, -0.15) is 0 Å². The normalized spacial score (nSPS) is 23.4. The fraction of sp³-hybridized carbons (Fsp3) is 0.619. The van der Waals surface area contributed by atoms with Crippen LogP contribution in [0.3, 0.4) is 0 Å². The Kier molecular flexibility index (Phi) is 8.38. The molecule has 0 spiro atoms. The summed E-state index contributed by atoms with van der Waals surface area (Å²) in [5.41, 5.74) is 2.43.